The number of nitrogens with two attached hydrogens (primary N) is 1. The lowest BCUT2D eigenvalue weighted by molar-refractivity contribution is 0.146. The van der Waals surface area contributed by atoms with E-state index in [1.165, 1.54) is 12.1 Å². The van der Waals surface area contributed by atoms with E-state index in [0.29, 0.717) is 5.02 Å². The summed E-state index contributed by atoms with van der Waals surface area (Å²) in [6.45, 7) is 2.12. The van der Waals surface area contributed by atoms with Crippen molar-refractivity contribution in [2.75, 3.05) is 6.54 Å². The van der Waals surface area contributed by atoms with Gasteiger partial charge in [-0.05, 0) is 41.8 Å². The van der Waals surface area contributed by atoms with Gasteiger partial charge in [-0.3, -0.25) is 0 Å². The average molecular weight is 294 g/mol. The summed E-state index contributed by atoms with van der Waals surface area (Å²) in [5.74, 6) is -0.606. The Bertz CT molecular complexity index is 586. The van der Waals surface area contributed by atoms with Gasteiger partial charge in [-0.15, -0.1) is 0 Å². The molecule has 2 nitrogen and oxygen atoms in total. The predicted octanol–water partition coefficient (Wildman–Crippen LogP) is 3.56. The lowest BCUT2D eigenvalue weighted by atomic mass is 9.87. The van der Waals surface area contributed by atoms with E-state index >= 15 is 0 Å². The van der Waals surface area contributed by atoms with Gasteiger partial charge in [0.25, 0.3) is 0 Å². The number of aliphatic hydroxyl groups excluding tert-OH is 1. The first-order chi connectivity index (χ1) is 9.54. The van der Waals surface area contributed by atoms with Crippen LogP contribution in [0.5, 0.6) is 0 Å². The summed E-state index contributed by atoms with van der Waals surface area (Å²) in [6.07, 6.45) is -0.774. The number of halogens is 2. The monoisotopic (exact) mass is 293 g/mol. The molecule has 4 heteroatoms. The van der Waals surface area contributed by atoms with Crippen molar-refractivity contribution >= 4 is 11.6 Å². The van der Waals surface area contributed by atoms with E-state index in [-0.39, 0.29) is 18.3 Å². The van der Waals surface area contributed by atoms with Crippen molar-refractivity contribution in [1.29, 1.82) is 0 Å². The van der Waals surface area contributed by atoms with E-state index in [1.807, 2.05) is 13.0 Å². The van der Waals surface area contributed by atoms with Crippen molar-refractivity contribution in [3.05, 3.63) is 70.0 Å². The van der Waals surface area contributed by atoms with Gasteiger partial charge in [0.15, 0.2) is 0 Å². The maximum Gasteiger partial charge on any atom is 0.123 e. The second kappa shape index (κ2) is 6.35. The second-order valence-corrected chi connectivity index (χ2v) is 5.20. The Balaban J connectivity index is 2.36. The maximum atomic E-state index is 13.0. The van der Waals surface area contributed by atoms with Crippen LogP contribution in [0.4, 0.5) is 4.39 Å². The molecule has 0 aliphatic heterocycles. The van der Waals surface area contributed by atoms with Crippen molar-refractivity contribution in [2.24, 2.45) is 5.73 Å². The van der Waals surface area contributed by atoms with Gasteiger partial charge in [0, 0.05) is 17.5 Å². The zero-order chi connectivity index (χ0) is 14.7. The van der Waals surface area contributed by atoms with E-state index in [9.17, 15) is 9.50 Å². The number of aliphatic hydroxyl groups is 1. The first-order valence-electron chi connectivity index (χ1n) is 6.43. The largest absolute Gasteiger partial charge is 0.388 e. The highest BCUT2D eigenvalue weighted by Gasteiger charge is 2.23. The van der Waals surface area contributed by atoms with Gasteiger partial charge in [0.1, 0.15) is 5.82 Å². The number of rotatable bonds is 4. The molecule has 2 atom stereocenters. The van der Waals surface area contributed by atoms with Crippen molar-refractivity contribution in [3.63, 3.8) is 0 Å². The molecule has 20 heavy (non-hydrogen) atoms. The molecule has 0 aliphatic carbocycles. The lowest BCUT2D eigenvalue weighted by Crippen LogP contribution is -2.20. The highest BCUT2D eigenvalue weighted by molar-refractivity contribution is 6.31. The number of benzene rings is 2. The van der Waals surface area contributed by atoms with Gasteiger partial charge < -0.3 is 10.8 Å². The summed E-state index contributed by atoms with van der Waals surface area (Å²) in [6, 6.07) is 11.4. The third-order valence-electron chi connectivity index (χ3n) is 3.56. The molecule has 0 bridgehead atoms. The van der Waals surface area contributed by atoms with Crippen molar-refractivity contribution in [1.82, 2.24) is 0 Å². The molecule has 0 aromatic heterocycles. The van der Waals surface area contributed by atoms with E-state index < -0.39 is 6.10 Å². The van der Waals surface area contributed by atoms with Crippen LogP contribution in [0.15, 0.2) is 42.5 Å². The van der Waals surface area contributed by atoms with Crippen LogP contribution in [0.1, 0.15) is 28.7 Å². The van der Waals surface area contributed by atoms with Crippen LogP contribution < -0.4 is 5.73 Å². The Hall–Kier alpha value is -1.42. The quantitative estimate of drug-likeness (QED) is 0.905. The predicted molar refractivity (Wildman–Crippen MR) is 79.3 cm³/mol. The van der Waals surface area contributed by atoms with Gasteiger partial charge in [-0.1, -0.05) is 35.9 Å². The standard InChI is InChI=1S/C16H17ClFNO/c1-10-13(3-2-4-15(10)17)16(20)14(9-19)11-5-7-12(18)8-6-11/h2-8,14,16,20H,9,19H2,1H3. The Morgan fingerprint density at radius 3 is 2.45 bits per heavy atom. The highest BCUT2D eigenvalue weighted by atomic mass is 35.5. The topological polar surface area (TPSA) is 46.2 Å². The summed E-state index contributed by atoms with van der Waals surface area (Å²) >= 11 is 6.08. The molecule has 3 N–H and O–H groups in total. The molecular formula is C16H17ClFNO. The van der Waals surface area contributed by atoms with Gasteiger partial charge in [0.05, 0.1) is 6.10 Å². The number of hydrogen-bond acceptors (Lipinski definition) is 2. The Morgan fingerprint density at radius 2 is 1.85 bits per heavy atom. The van der Waals surface area contributed by atoms with Crippen LogP contribution in [-0.4, -0.2) is 11.7 Å². The fourth-order valence-corrected chi connectivity index (χ4v) is 2.50. The minimum absolute atomic E-state index is 0.263. The van der Waals surface area contributed by atoms with Crippen molar-refractivity contribution in [3.8, 4) is 0 Å². The molecule has 0 aliphatic rings. The van der Waals surface area contributed by atoms with Crippen LogP contribution in [0.3, 0.4) is 0 Å². The zero-order valence-corrected chi connectivity index (χ0v) is 11.9. The van der Waals surface area contributed by atoms with Crippen LogP contribution in [0.25, 0.3) is 0 Å². The Labute approximate surface area is 123 Å². The van der Waals surface area contributed by atoms with E-state index in [2.05, 4.69) is 0 Å². The third kappa shape index (κ3) is 3.01. The molecule has 2 rings (SSSR count). The van der Waals surface area contributed by atoms with Crippen molar-refractivity contribution in [2.45, 2.75) is 18.9 Å². The Morgan fingerprint density at radius 1 is 1.20 bits per heavy atom. The molecule has 0 saturated heterocycles. The Kier molecular flexibility index (Phi) is 4.76. The fraction of sp³-hybridized carbons (Fsp3) is 0.250. The summed E-state index contributed by atoms with van der Waals surface area (Å²) < 4.78 is 13.0. The second-order valence-electron chi connectivity index (χ2n) is 4.79. The molecule has 0 amide bonds. The normalized spacial score (nSPS) is 14.1. The fourth-order valence-electron chi connectivity index (χ4n) is 2.32. The molecule has 0 heterocycles. The molecule has 2 aromatic rings. The third-order valence-corrected chi connectivity index (χ3v) is 3.97. The van der Waals surface area contributed by atoms with Crippen LogP contribution in [-0.2, 0) is 0 Å². The summed E-state index contributed by atoms with van der Waals surface area (Å²) in [5, 5.41) is 11.2. The lowest BCUT2D eigenvalue weighted by Gasteiger charge is -2.24. The van der Waals surface area contributed by atoms with Gasteiger partial charge in [0.2, 0.25) is 0 Å². The van der Waals surface area contributed by atoms with Crippen LogP contribution in [0.2, 0.25) is 5.02 Å². The van der Waals surface area contributed by atoms with Crippen LogP contribution >= 0.6 is 11.6 Å². The molecule has 0 radical (unpaired) electrons. The summed E-state index contributed by atoms with van der Waals surface area (Å²) in [4.78, 5) is 0. The molecule has 0 saturated carbocycles. The van der Waals surface area contributed by atoms with Gasteiger partial charge in [-0.25, -0.2) is 4.39 Å². The summed E-state index contributed by atoms with van der Waals surface area (Å²) in [7, 11) is 0. The average Bonchev–Trinajstić information content (AvgIpc) is 2.44. The first kappa shape index (κ1) is 15.0. The highest BCUT2D eigenvalue weighted by Crippen LogP contribution is 2.33. The smallest absolute Gasteiger partial charge is 0.123 e. The summed E-state index contributed by atoms with van der Waals surface area (Å²) in [5.41, 5.74) is 8.17. The van der Waals surface area contributed by atoms with Gasteiger partial charge in [-0.2, -0.15) is 0 Å². The molecule has 0 spiro atoms. The van der Waals surface area contributed by atoms with E-state index in [1.54, 1.807) is 24.3 Å². The molecular weight excluding hydrogens is 277 g/mol. The minimum Gasteiger partial charge on any atom is -0.388 e. The number of hydrogen-bond donors (Lipinski definition) is 2. The maximum absolute atomic E-state index is 13.0. The first-order valence-corrected chi connectivity index (χ1v) is 6.81. The molecule has 2 aromatic carbocycles. The molecule has 106 valence electrons. The van der Waals surface area contributed by atoms with Crippen LogP contribution in [0, 0.1) is 12.7 Å². The van der Waals surface area contributed by atoms with E-state index in [4.69, 9.17) is 17.3 Å². The minimum atomic E-state index is -0.774. The molecule has 2 unspecified atom stereocenters. The zero-order valence-electron chi connectivity index (χ0n) is 11.2. The molecule has 0 fully saturated rings. The van der Waals surface area contributed by atoms with Crippen molar-refractivity contribution < 1.29 is 9.50 Å². The van der Waals surface area contributed by atoms with Gasteiger partial charge >= 0.3 is 0 Å². The van der Waals surface area contributed by atoms with E-state index in [0.717, 1.165) is 16.7 Å². The SMILES string of the molecule is Cc1c(Cl)cccc1C(O)C(CN)c1ccc(F)cc1.